The molecule has 0 radical (unpaired) electrons. The number of nitrogens with zero attached hydrogens (tertiary/aromatic N) is 3. The summed E-state index contributed by atoms with van der Waals surface area (Å²) in [6, 6.07) is 10.3. The number of hydrogen-bond acceptors (Lipinski definition) is 3. The smallest absolute Gasteiger partial charge is 0.191 e. The summed E-state index contributed by atoms with van der Waals surface area (Å²) in [5.74, 6) is 1.77. The highest BCUT2D eigenvalue weighted by molar-refractivity contribution is 5.80. The Bertz CT molecular complexity index is 708. The van der Waals surface area contributed by atoms with Crippen molar-refractivity contribution in [3.63, 3.8) is 0 Å². The first kappa shape index (κ1) is 17.3. The maximum Gasteiger partial charge on any atom is 0.191 e. The van der Waals surface area contributed by atoms with Gasteiger partial charge in [0.15, 0.2) is 5.96 Å². The maximum atomic E-state index is 6.09. The molecule has 1 unspecified atom stereocenters. The van der Waals surface area contributed by atoms with Gasteiger partial charge >= 0.3 is 0 Å². The molecule has 0 saturated heterocycles. The third-order valence-corrected chi connectivity index (χ3v) is 4.33. The normalized spacial score (nSPS) is 19.0. The molecule has 1 aromatic heterocycles. The van der Waals surface area contributed by atoms with Gasteiger partial charge in [-0.3, -0.25) is 9.67 Å². The van der Waals surface area contributed by atoms with Crippen LogP contribution in [0.4, 0.5) is 0 Å². The molecular weight excluding hydrogens is 314 g/mol. The van der Waals surface area contributed by atoms with Crippen molar-refractivity contribution in [1.82, 2.24) is 20.4 Å². The van der Waals surface area contributed by atoms with E-state index in [9.17, 15) is 0 Å². The average molecular weight is 341 g/mol. The first-order valence-corrected chi connectivity index (χ1v) is 8.80. The molecule has 0 bridgehead atoms. The number of aryl methyl sites for hydroxylation is 1. The summed E-state index contributed by atoms with van der Waals surface area (Å²) < 4.78 is 8.03. The number of para-hydroxylation sites is 1. The Kier molecular flexibility index (Phi) is 5.26. The highest BCUT2D eigenvalue weighted by Gasteiger charge is 2.33. The van der Waals surface area contributed by atoms with Gasteiger partial charge in [0.1, 0.15) is 11.4 Å². The van der Waals surface area contributed by atoms with Gasteiger partial charge in [-0.2, -0.15) is 5.10 Å². The molecule has 0 aliphatic carbocycles. The zero-order chi connectivity index (χ0) is 17.7. The monoisotopic (exact) mass is 341 g/mol. The van der Waals surface area contributed by atoms with Gasteiger partial charge in [-0.05, 0) is 32.4 Å². The molecule has 6 heteroatoms. The topological polar surface area (TPSA) is 63.5 Å². The van der Waals surface area contributed by atoms with Crippen molar-refractivity contribution in [3.8, 4) is 5.75 Å². The molecule has 1 aromatic carbocycles. The SMILES string of the molecule is CN=C(NCCCn1cccn1)NC1CC(C)(C)Oc2ccccc21. The van der Waals surface area contributed by atoms with Crippen LogP contribution in [0.1, 0.15) is 38.3 Å². The quantitative estimate of drug-likeness (QED) is 0.499. The van der Waals surface area contributed by atoms with Gasteiger partial charge in [-0.1, -0.05) is 18.2 Å². The molecule has 6 nitrogen and oxygen atoms in total. The van der Waals surface area contributed by atoms with Crippen LogP contribution in [0.5, 0.6) is 5.75 Å². The number of guanidine groups is 1. The van der Waals surface area contributed by atoms with Gasteiger partial charge in [0.05, 0.1) is 6.04 Å². The number of nitrogens with one attached hydrogen (secondary N) is 2. The van der Waals surface area contributed by atoms with E-state index in [1.165, 1.54) is 5.56 Å². The highest BCUT2D eigenvalue weighted by atomic mass is 16.5. The van der Waals surface area contributed by atoms with Crippen LogP contribution in [0, 0.1) is 0 Å². The van der Waals surface area contributed by atoms with Gasteiger partial charge in [-0.15, -0.1) is 0 Å². The van der Waals surface area contributed by atoms with Crippen molar-refractivity contribution < 1.29 is 4.74 Å². The Labute approximate surface area is 149 Å². The largest absolute Gasteiger partial charge is 0.487 e. The lowest BCUT2D eigenvalue weighted by Gasteiger charge is -2.38. The highest BCUT2D eigenvalue weighted by Crippen LogP contribution is 2.39. The van der Waals surface area contributed by atoms with Crippen LogP contribution in [0.15, 0.2) is 47.7 Å². The van der Waals surface area contributed by atoms with E-state index < -0.39 is 0 Å². The van der Waals surface area contributed by atoms with Crippen molar-refractivity contribution in [2.45, 2.75) is 44.9 Å². The van der Waals surface area contributed by atoms with Crippen molar-refractivity contribution in [2.75, 3.05) is 13.6 Å². The standard InChI is InChI=1S/C19H27N5O/c1-19(2)14-16(15-8-4-5-9-17(15)25-19)23-18(20-3)21-10-6-12-24-13-7-11-22-24/h4-5,7-9,11,13,16H,6,10,12,14H2,1-3H3,(H2,20,21,23). The second-order valence-electron chi connectivity index (χ2n) is 6.92. The minimum absolute atomic E-state index is 0.178. The predicted octanol–water partition coefficient (Wildman–Crippen LogP) is 2.74. The van der Waals surface area contributed by atoms with Crippen molar-refractivity contribution in [3.05, 3.63) is 48.3 Å². The number of benzene rings is 1. The Morgan fingerprint density at radius 2 is 2.20 bits per heavy atom. The van der Waals surface area contributed by atoms with E-state index in [4.69, 9.17) is 4.74 Å². The fraction of sp³-hybridized carbons (Fsp3) is 0.474. The zero-order valence-electron chi connectivity index (χ0n) is 15.2. The van der Waals surface area contributed by atoms with E-state index in [0.717, 1.165) is 37.6 Å². The van der Waals surface area contributed by atoms with E-state index in [1.807, 2.05) is 29.1 Å². The molecule has 0 amide bonds. The first-order valence-electron chi connectivity index (χ1n) is 8.80. The zero-order valence-corrected chi connectivity index (χ0v) is 15.2. The summed E-state index contributed by atoms with van der Waals surface area (Å²) in [6.07, 6.45) is 5.66. The lowest BCUT2D eigenvalue weighted by atomic mass is 9.90. The summed E-state index contributed by atoms with van der Waals surface area (Å²) in [7, 11) is 1.80. The molecule has 1 aliphatic heterocycles. The van der Waals surface area contributed by atoms with Crippen LogP contribution >= 0.6 is 0 Å². The number of aromatic nitrogens is 2. The van der Waals surface area contributed by atoms with Crippen molar-refractivity contribution >= 4 is 5.96 Å². The summed E-state index contributed by atoms with van der Waals surface area (Å²) in [6.45, 7) is 5.98. The third kappa shape index (κ3) is 4.53. The summed E-state index contributed by atoms with van der Waals surface area (Å²) >= 11 is 0. The number of aliphatic imine (C=N–C) groups is 1. The van der Waals surface area contributed by atoms with Crippen LogP contribution in [0.3, 0.4) is 0 Å². The molecule has 2 aromatic rings. The number of ether oxygens (including phenoxy) is 1. The summed E-state index contributed by atoms with van der Waals surface area (Å²) in [4.78, 5) is 4.37. The van der Waals surface area contributed by atoms with Gasteiger partial charge in [0, 0.05) is 44.5 Å². The molecule has 2 N–H and O–H groups in total. The molecule has 3 rings (SSSR count). The Morgan fingerprint density at radius 3 is 2.96 bits per heavy atom. The molecule has 2 heterocycles. The maximum absolute atomic E-state index is 6.09. The number of hydrogen-bond donors (Lipinski definition) is 2. The summed E-state index contributed by atoms with van der Waals surface area (Å²) in [5, 5.41) is 11.2. The van der Waals surface area contributed by atoms with Crippen LogP contribution in [-0.2, 0) is 6.54 Å². The Hall–Kier alpha value is -2.50. The first-order chi connectivity index (χ1) is 12.1. The number of fused-ring (bicyclic) bond motifs is 1. The van der Waals surface area contributed by atoms with Crippen LogP contribution < -0.4 is 15.4 Å². The molecule has 0 saturated carbocycles. The van der Waals surface area contributed by atoms with E-state index in [0.29, 0.717) is 0 Å². The fourth-order valence-electron chi connectivity index (χ4n) is 3.17. The predicted molar refractivity (Wildman–Crippen MR) is 99.8 cm³/mol. The minimum atomic E-state index is -0.203. The van der Waals surface area contributed by atoms with Crippen LogP contribution in [-0.4, -0.2) is 34.9 Å². The molecule has 134 valence electrons. The van der Waals surface area contributed by atoms with Crippen molar-refractivity contribution in [2.24, 2.45) is 4.99 Å². The lowest BCUT2D eigenvalue weighted by Crippen LogP contribution is -2.45. The van der Waals surface area contributed by atoms with E-state index >= 15 is 0 Å². The average Bonchev–Trinajstić information content (AvgIpc) is 3.10. The molecule has 0 fully saturated rings. The van der Waals surface area contributed by atoms with Crippen molar-refractivity contribution in [1.29, 1.82) is 0 Å². The molecular formula is C19H27N5O. The number of rotatable bonds is 5. The molecule has 1 aliphatic rings. The fourth-order valence-corrected chi connectivity index (χ4v) is 3.17. The van der Waals surface area contributed by atoms with E-state index in [-0.39, 0.29) is 11.6 Å². The van der Waals surface area contributed by atoms with Crippen LogP contribution in [0.25, 0.3) is 0 Å². The van der Waals surface area contributed by atoms with Gasteiger partial charge in [0.2, 0.25) is 0 Å². The second kappa shape index (κ2) is 7.59. The second-order valence-corrected chi connectivity index (χ2v) is 6.92. The third-order valence-electron chi connectivity index (χ3n) is 4.33. The summed E-state index contributed by atoms with van der Waals surface area (Å²) in [5.41, 5.74) is 0.978. The molecule has 1 atom stereocenters. The van der Waals surface area contributed by atoms with E-state index in [1.54, 1.807) is 13.2 Å². The van der Waals surface area contributed by atoms with Gasteiger partial charge in [-0.25, -0.2) is 0 Å². The van der Waals surface area contributed by atoms with Gasteiger partial charge in [0.25, 0.3) is 0 Å². The Morgan fingerprint density at radius 1 is 1.36 bits per heavy atom. The minimum Gasteiger partial charge on any atom is -0.487 e. The molecule has 25 heavy (non-hydrogen) atoms. The molecule has 0 spiro atoms. The van der Waals surface area contributed by atoms with Gasteiger partial charge < -0.3 is 15.4 Å². The Balaban J connectivity index is 1.57. The van der Waals surface area contributed by atoms with Crippen LogP contribution in [0.2, 0.25) is 0 Å². The van der Waals surface area contributed by atoms with E-state index in [2.05, 4.69) is 46.7 Å². The lowest BCUT2D eigenvalue weighted by molar-refractivity contribution is 0.0694.